The Hall–Kier alpha value is -0.593. The Kier molecular flexibility index (Phi) is 5.62. The molecule has 0 bridgehead atoms. The van der Waals surface area contributed by atoms with Crippen LogP contribution in [0.4, 0.5) is 4.79 Å². The summed E-state index contributed by atoms with van der Waals surface area (Å²) >= 11 is 0. The highest BCUT2D eigenvalue weighted by atomic mass is 28.2. The van der Waals surface area contributed by atoms with Crippen LogP contribution in [0.1, 0.15) is 68.7 Å². The zero-order valence-electron chi connectivity index (χ0n) is 17.2. The number of rotatable bonds is 4. The van der Waals surface area contributed by atoms with Gasteiger partial charge in [0.25, 0.3) is 0 Å². The number of hydrogen-bond acceptors (Lipinski definition) is 4. The van der Waals surface area contributed by atoms with Crippen LogP contribution in [0.5, 0.6) is 0 Å². The Morgan fingerprint density at radius 2 is 1.75 bits per heavy atom. The summed E-state index contributed by atoms with van der Waals surface area (Å²) in [6.07, 6.45) is -0.307. The molecule has 0 aromatic rings. The lowest BCUT2D eigenvalue weighted by atomic mass is 9.34. The second kappa shape index (κ2) is 6.29. The van der Waals surface area contributed by atoms with Gasteiger partial charge in [0, 0.05) is 5.41 Å². The van der Waals surface area contributed by atoms with Crippen molar-refractivity contribution in [3.63, 3.8) is 0 Å². The van der Waals surface area contributed by atoms with Crippen LogP contribution in [0, 0.1) is 16.2 Å². The molecule has 0 saturated heterocycles. The number of carbonyl (C=O) groups is 1. The van der Waals surface area contributed by atoms with Crippen molar-refractivity contribution in [2.75, 3.05) is 6.61 Å². The predicted octanol–water partition coefficient (Wildman–Crippen LogP) is 2.39. The summed E-state index contributed by atoms with van der Waals surface area (Å²) in [5.74, 6) is 0. The first kappa shape index (κ1) is 21.4. The van der Waals surface area contributed by atoms with E-state index in [0.717, 1.165) is 6.42 Å². The van der Waals surface area contributed by atoms with Crippen molar-refractivity contribution >= 4 is 16.6 Å². The number of amides is 1. The Balaban J connectivity index is 3.26. The minimum Gasteiger partial charge on any atom is -0.444 e. The van der Waals surface area contributed by atoms with Crippen LogP contribution in [0.2, 0.25) is 0 Å². The van der Waals surface area contributed by atoms with Gasteiger partial charge in [0.1, 0.15) is 16.1 Å². The lowest BCUT2D eigenvalue weighted by molar-refractivity contribution is -0.259. The third kappa shape index (κ3) is 3.25. The number of alkyl carbamates (subject to hydrolysis) is 1. The van der Waals surface area contributed by atoms with E-state index >= 15 is 0 Å². The Labute approximate surface area is 150 Å². The molecule has 0 heterocycles. The van der Waals surface area contributed by atoms with Crippen molar-refractivity contribution in [3.8, 4) is 0 Å². The van der Waals surface area contributed by atoms with Gasteiger partial charge in [0.05, 0.1) is 18.2 Å². The molecule has 1 saturated carbocycles. The van der Waals surface area contributed by atoms with Gasteiger partial charge in [0.15, 0.2) is 0 Å². The molecule has 1 aliphatic carbocycles. The van der Waals surface area contributed by atoms with Gasteiger partial charge < -0.3 is 19.6 Å². The summed E-state index contributed by atoms with van der Waals surface area (Å²) in [7, 11) is 0.576. The molecular formula is C18H37NO4Si. The normalized spacial score (nSPS) is 35.2. The lowest BCUT2D eigenvalue weighted by Gasteiger charge is -2.74. The van der Waals surface area contributed by atoms with Crippen molar-refractivity contribution in [2.24, 2.45) is 16.2 Å². The number of carbonyl (C=O) groups excluding carboxylic acids is 1. The zero-order valence-corrected chi connectivity index (χ0v) is 19.2. The summed E-state index contributed by atoms with van der Waals surface area (Å²) in [5.41, 5.74) is -1.90. The first-order chi connectivity index (χ1) is 10.6. The number of aliphatic hydroxyl groups is 1. The topological polar surface area (TPSA) is 67.8 Å². The average molecular weight is 360 g/mol. The highest BCUT2D eigenvalue weighted by Crippen LogP contribution is 2.70. The zero-order chi connectivity index (χ0) is 19.2. The van der Waals surface area contributed by atoms with Gasteiger partial charge in [-0.25, -0.2) is 4.79 Å². The van der Waals surface area contributed by atoms with Gasteiger partial charge in [-0.15, -0.1) is 0 Å². The van der Waals surface area contributed by atoms with Gasteiger partial charge >= 0.3 is 6.09 Å². The quantitative estimate of drug-likeness (QED) is 0.756. The van der Waals surface area contributed by atoms with E-state index in [1.54, 1.807) is 0 Å². The molecule has 142 valence electrons. The van der Waals surface area contributed by atoms with E-state index in [2.05, 4.69) is 39.9 Å². The molecular weight excluding hydrogens is 322 g/mol. The van der Waals surface area contributed by atoms with Crippen LogP contribution in [-0.2, 0) is 9.16 Å². The molecule has 1 amide bonds. The molecule has 1 fully saturated rings. The van der Waals surface area contributed by atoms with E-state index in [0.29, 0.717) is 17.1 Å². The highest BCUT2D eigenvalue weighted by molar-refractivity contribution is 5.98. The summed E-state index contributed by atoms with van der Waals surface area (Å²) in [6.45, 7) is 18.6. The molecule has 0 aromatic heterocycles. The maximum atomic E-state index is 12.5. The maximum absolute atomic E-state index is 12.5. The van der Waals surface area contributed by atoms with E-state index < -0.39 is 28.8 Å². The number of aliphatic hydroxyl groups excluding tert-OH is 1. The number of hydrogen-bond donors (Lipinski definition) is 2. The molecule has 2 N–H and O–H groups in total. The van der Waals surface area contributed by atoms with Crippen LogP contribution in [0.15, 0.2) is 0 Å². The Morgan fingerprint density at radius 1 is 1.25 bits per heavy atom. The first-order valence-electron chi connectivity index (χ1n) is 8.74. The van der Waals surface area contributed by atoms with Crippen molar-refractivity contribution in [3.05, 3.63) is 0 Å². The van der Waals surface area contributed by atoms with E-state index in [1.165, 1.54) is 0 Å². The van der Waals surface area contributed by atoms with Crippen LogP contribution >= 0.6 is 0 Å². The van der Waals surface area contributed by atoms with Gasteiger partial charge in [-0.05, 0) is 44.9 Å². The van der Waals surface area contributed by atoms with Gasteiger partial charge in [0.2, 0.25) is 0 Å². The third-order valence-corrected chi connectivity index (χ3v) is 6.71. The van der Waals surface area contributed by atoms with E-state index in [1.807, 2.05) is 27.7 Å². The highest BCUT2D eigenvalue weighted by Gasteiger charge is 2.74. The standard InChI is InChI=1S/C18H37NO4Si/c1-12(20)17(9)16(8,14(2,3)4)10-18(17,11-22-24)19-13(21)23-15(5,6)7/h12,20H,10-11H2,1-9,24H3,(H,19,21)/t12-,16+,17+,18-/m1/s1. The minimum atomic E-state index is -0.632. The van der Waals surface area contributed by atoms with Crippen molar-refractivity contribution < 1.29 is 19.1 Å². The summed E-state index contributed by atoms with van der Waals surface area (Å²) in [4.78, 5) is 12.5. The molecule has 4 atom stereocenters. The molecule has 0 aromatic carbocycles. The molecule has 0 unspecified atom stereocenters. The van der Waals surface area contributed by atoms with Gasteiger partial charge in [-0.1, -0.05) is 34.6 Å². The Morgan fingerprint density at radius 3 is 2.08 bits per heavy atom. The second-order valence-electron chi connectivity index (χ2n) is 9.78. The molecule has 24 heavy (non-hydrogen) atoms. The number of ether oxygens (including phenoxy) is 1. The predicted molar refractivity (Wildman–Crippen MR) is 100.0 cm³/mol. The summed E-state index contributed by atoms with van der Waals surface area (Å²) < 4.78 is 11.1. The fourth-order valence-electron chi connectivity index (χ4n) is 4.45. The summed E-state index contributed by atoms with van der Waals surface area (Å²) in [6, 6.07) is 0. The monoisotopic (exact) mass is 359 g/mol. The molecule has 5 nitrogen and oxygen atoms in total. The average Bonchev–Trinajstić information content (AvgIpc) is 2.33. The van der Waals surface area contributed by atoms with Crippen LogP contribution in [0.3, 0.4) is 0 Å². The van der Waals surface area contributed by atoms with Gasteiger partial charge in [-0.2, -0.15) is 0 Å². The van der Waals surface area contributed by atoms with Crippen molar-refractivity contribution in [2.45, 2.75) is 86.0 Å². The lowest BCUT2D eigenvalue weighted by Crippen LogP contribution is -2.82. The van der Waals surface area contributed by atoms with E-state index in [-0.39, 0.29) is 10.8 Å². The van der Waals surface area contributed by atoms with Crippen LogP contribution in [0.25, 0.3) is 0 Å². The largest absolute Gasteiger partial charge is 0.444 e. The maximum Gasteiger partial charge on any atom is 0.408 e. The summed E-state index contributed by atoms with van der Waals surface area (Å²) in [5, 5.41) is 13.8. The van der Waals surface area contributed by atoms with Crippen molar-refractivity contribution in [1.29, 1.82) is 0 Å². The first-order valence-corrected chi connectivity index (χ1v) is 9.56. The fraction of sp³-hybridized carbons (Fsp3) is 0.944. The smallest absolute Gasteiger partial charge is 0.408 e. The SMILES string of the molecule is C[C@@H](O)[C@]1(C)[C@@](CO[SiH3])(NC(=O)OC(C)(C)C)C[C@@]1(C)C(C)(C)C. The fourth-order valence-corrected chi connectivity index (χ4v) is 4.95. The molecule has 0 aliphatic heterocycles. The molecule has 1 rings (SSSR count). The number of nitrogens with one attached hydrogen (secondary N) is 1. The van der Waals surface area contributed by atoms with Crippen molar-refractivity contribution in [1.82, 2.24) is 5.32 Å². The molecule has 1 aliphatic rings. The van der Waals surface area contributed by atoms with Gasteiger partial charge in [-0.3, -0.25) is 0 Å². The Bertz CT molecular complexity index is 482. The minimum absolute atomic E-state index is 0.0248. The second-order valence-corrected chi connectivity index (χ2v) is 10.4. The van der Waals surface area contributed by atoms with Crippen LogP contribution in [-0.4, -0.2) is 45.5 Å². The third-order valence-electron chi connectivity index (χ3n) is 6.42. The molecule has 0 radical (unpaired) electrons. The van der Waals surface area contributed by atoms with E-state index in [4.69, 9.17) is 9.16 Å². The van der Waals surface area contributed by atoms with Crippen LogP contribution < -0.4 is 5.32 Å². The molecule has 0 spiro atoms. The van der Waals surface area contributed by atoms with E-state index in [9.17, 15) is 9.90 Å². The molecule has 6 heteroatoms.